The van der Waals surface area contributed by atoms with E-state index in [1.165, 1.54) is 5.56 Å². The first-order valence-corrected chi connectivity index (χ1v) is 7.58. The van der Waals surface area contributed by atoms with Gasteiger partial charge in [-0.05, 0) is 44.0 Å². The van der Waals surface area contributed by atoms with Crippen molar-refractivity contribution in [2.75, 3.05) is 24.5 Å². The Kier molecular flexibility index (Phi) is 6.73. The van der Waals surface area contributed by atoms with E-state index in [2.05, 4.69) is 63.5 Å². The van der Waals surface area contributed by atoms with Gasteiger partial charge in [0.2, 0.25) is 0 Å². The van der Waals surface area contributed by atoms with Gasteiger partial charge >= 0.3 is 0 Å². The fraction of sp³-hybridized carbons (Fsp3) is 0.588. The summed E-state index contributed by atoms with van der Waals surface area (Å²) in [4.78, 5) is 7.10. The number of nitrogens with one attached hydrogen (secondary N) is 1. The van der Waals surface area contributed by atoms with Gasteiger partial charge in [-0.25, -0.2) is 4.98 Å². The van der Waals surface area contributed by atoms with Crippen LogP contribution in [0.25, 0.3) is 0 Å². The third kappa shape index (κ3) is 4.97. The summed E-state index contributed by atoms with van der Waals surface area (Å²) >= 11 is 0. The molecule has 0 aromatic carbocycles. The van der Waals surface area contributed by atoms with Crippen LogP contribution < -0.4 is 10.2 Å². The number of pyridine rings is 1. The van der Waals surface area contributed by atoms with Crippen LogP contribution in [0.2, 0.25) is 0 Å². The van der Waals surface area contributed by atoms with Crippen molar-refractivity contribution in [1.29, 1.82) is 0 Å². The Labute approximate surface area is 124 Å². The van der Waals surface area contributed by atoms with Crippen molar-refractivity contribution < 1.29 is 0 Å². The molecule has 1 aromatic heterocycles. The summed E-state index contributed by atoms with van der Waals surface area (Å²) in [6.07, 6.45) is 0. The van der Waals surface area contributed by atoms with Gasteiger partial charge in [0.15, 0.2) is 0 Å². The molecule has 1 heterocycles. The Balaban J connectivity index is 3.08. The van der Waals surface area contributed by atoms with Crippen LogP contribution in [0.15, 0.2) is 24.3 Å². The molecule has 0 unspecified atom stereocenters. The largest absolute Gasteiger partial charge is 0.353 e. The molecule has 0 aliphatic rings. The molecule has 1 rings (SSSR count). The van der Waals surface area contributed by atoms with E-state index in [1.54, 1.807) is 0 Å². The second-order valence-corrected chi connectivity index (χ2v) is 5.66. The van der Waals surface area contributed by atoms with Crippen LogP contribution in [0.1, 0.15) is 51.8 Å². The van der Waals surface area contributed by atoms with Crippen LogP contribution in [0.5, 0.6) is 0 Å². The second kappa shape index (κ2) is 8.05. The van der Waals surface area contributed by atoms with Gasteiger partial charge < -0.3 is 10.2 Å². The number of rotatable bonds is 8. The quantitative estimate of drug-likeness (QED) is 0.733. The maximum absolute atomic E-state index is 4.82. The summed E-state index contributed by atoms with van der Waals surface area (Å²) in [5.41, 5.74) is 3.63. The minimum absolute atomic E-state index is 0.443. The van der Waals surface area contributed by atoms with Gasteiger partial charge in [-0.3, -0.25) is 0 Å². The zero-order valence-corrected chi connectivity index (χ0v) is 13.7. The summed E-state index contributed by atoms with van der Waals surface area (Å²) in [6.45, 7) is 18.5. The Morgan fingerprint density at radius 1 is 1.35 bits per heavy atom. The van der Waals surface area contributed by atoms with Gasteiger partial charge in [0.25, 0.3) is 0 Å². The van der Waals surface area contributed by atoms with Crippen LogP contribution in [-0.2, 0) is 6.54 Å². The minimum Gasteiger partial charge on any atom is -0.353 e. The molecule has 0 amide bonds. The first kappa shape index (κ1) is 16.7. The van der Waals surface area contributed by atoms with Crippen LogP contribution >= 0.6 is 0 Å². The van der Waals surface area contributed by atoms with Gasteiger partial charge in [-0.15, -0.1) is 0 Å². The molecule has 20 heavy (non-hydrogen) atoms. The molecule has 1 N–H and O–H groups in total. The smallest absolute Gasteiger partial charge is 0.129 e. The number of hydrogen-bond donors (Lipinski definition) is 1. The van der Waals surface area contributed by atoms with E-state index < -0.39 is 0 Å². The van der Waals surface area contributed by atoms with E-state index in [0.717, 1.165) is 43.3 Å². The van der Waals surface area contributed by atoms with Crippen molar-refractivity contribution in [1.82, 2.24) is 10.3 Å². The first-order chi connectivity index (χ1) is 9.47. The van der Waals surface area contributed by atoms with E-state index in [0.29, 0.717) is 5.92 Å². The summed E-state index contributed by atoms with van der Waals surface area (Å²) in [6, 6.07) is 4.41. The van der Waals surface area contributed by atoms with Crippen molar-refractivity contribution in [2.24, 2.45) is 0 Å². The molecule has 112 valence electrons. The van der Waals surface area contributed by atoms with Crippen molar-refractivity contribution in [2.45, 2.75) is 47.1 Å². The lowest BCUT2D eigenvalue weighted by Gasteiger charge is -2.24. The number of nitrogens with zero attached hydrogens (tertiary/aromatic N) is 2. The molecule has 0 bridgehead atoms. The van der Waals surface area contributed by atoms with Crippen molar-refractivity contribution >= 4 is 5.82 Å². The van der Waals surface area contributed by atoms with Crippen molar-refractivity contribution in [3.05, 3.63) is 35.5 Å². The summed E-state index contributed by atoms with van der Waals surface area (Å²) in [5, 5.41) is 3.39. The fourth-order valence-corrected chi connectivity index (χ4v) is 2.10. The molecule has 0 aliphatic heterocycles. The van der Waals surface area contributed by atoms with Crippen LogP contribution in [0.4, 0.5) is 5.82 Å². The van der Waals surface area contributed by atoms with Crippen molar-refractivity contribution in [3.8, 4) is 0 Å². The average Bonchev–Trinajstić information content (AvgIpc) is 2.41. The topological polar surface area (TPSA) is 28.2 Å². The highest BCUT2D eigenvalue weighted by Gasteiger charge is 2.11. The number of hydrogen-bond acceptors (Lipinski definition) is 3. The van der Waals surface area contributed by atoms with Gasteiger partial charge in [0.05, 0.1) is 0 Å². The first-order valence-electron chi connectivity index (χ1n) is 7.58. The van der Waals surface area contributed by atoms with E-state index in [-0.39, 0.29) is 0 Å². The van der Waals surface area contributed by atoms with E-state index >= 15 is 0 Å². The normalized spacial score (nSPS) is 10.9. The minimum atomic E-state index is 0.443. The average molecular weight is 275 g/mol. The number of aromatic nitrogens is 1. The zero-order chi connectivity index (χ0) is 15.1. The van der Waals surface area contributed by atoms with Gasteiger partial charge in [0.1, 0.15) is 5.82 Å². The second-order valence-electron chi connectivity index (χ2n) is 5.66. The zero-order valence-electron chi connectivity index (χ0n) is 13.7. The molecule has 0 saturated carbocycles. The summed E-state index contributed by atoms with van der Waals surface area (Å²) in [5.74, 6) is 1.51. The molecule has 3 nitrogen and oxygen atoms in total. The maximum Gasteiger partial charge on any atom is 0.129 e. The molecule has 0 radical (unpaired) electrons. The summed E-state index contributed by atoms with van der Waals surface area (Å²) in [7, 11) is 0. The van der Waals surface area contributed by atoms with Crippen LogP contribution in [0.3, 0.4) is 0 Å². The van der Waals surface area contributed by atoms with Gasteiger partial charge in [-0.1, -0.05) is 32.9 Å². The molecule has 0 atom stereocenters. The van der Waals surface area contributed by atoms with Gasteiger partial charge in [-0.2, -0.15) is 0 Å². The monoisotopic (exact) mass is 275 g/mol. The highest BCUT2D eigenvalue weighted by Crippen LogP contribution is 2.21. The maximum atomic E-state index is 4.82. The molecule has 0 fully saturated rings. The lowest BCUT2D eigenvalue weighted by Crippen LogP contribution is -2.26. The predicted molar refractivity (Wildman–Crippen MR) is 88.4 cm³/mol. The molecule has 0 saturated heterocycles. The predicted octanol–water partition coefficient (Wildman–Crippen LogP) is 3.72. The Morgan fingerprint density at radius 3 is 2.55 bits per heavy atom. The van der Waals surface area contributed by atoms with Gasteiger partial charge in [0, 0.05) is 25.3 Å². The summed E-state index contributed by atoms with van der Waals surface area (Å²) < 4.78 is 0. The molecular formula is C17H29N3. The van der Waals surface area contributed by atoms with E-state index in [9.17, 15) is 0 Å². The standard InChI is InChI=1S/C17H29N3/c1-7-18-11-15-9-16(14(5)6)19-17(10-15)20(8-2)12-13(3)4/h9-10,14,18H,3,7-8,11-12H2,1-2,4-6H3. The van der Waals surface area contributed by atoms with Crippen molar-refractivity contribution in [3.63, 3.8) is 0 Å². The highest BCUT2D eigenvalue weighted by atomic mass is 15.2. The number of likely N-dealkylation sites (N-methyl/N-ethyl adjacent to an activating group) is 1. The molecule has 0 aliphatic carbocycles. The molecule has 1 aromatic rings. The molecular weight excluding hydrogens is 246 g/mol. The SMILES string of the molecule is C=C(C)CN(CC)c1cc(CNCC)cc(C(C)C)n1. The van der Waals surface area contributed by atoms with Crippen LogP contribution in [-0.4, -0.2) is 24.6 Å². The highest BCUT2D eigenvalue weighted by molar-refractivity contribution is 5.44. The van der Waals surface area contributed by atoms with E-state index in [4.69, 9.17) is 4.98 Å². The Bertz CT molecular complexity index is 438. The molecule has 0 spiro atoms. The molecule has 3 heteroatoms. The third-order valence-electron chi connectivity index (χ3n) is 3.23. The third-order valence-corrected chi connectivity index (χ3v) is 3.23. The fourth-order valence-electron chi connectivity index (χ4n) is 2.10. The Hall–Kier alpha value is -1.35. The lowest BCUT2D eigenvalue weighted by molar-refractivity contribution is 0.718. The lowest BCUT2D eigenvalue weighted by atomic mass is 10.1. The van der Waals surface area contributed by atoms with E-state index in [1.807, 2.05) is 0 Å². The Morgan fingerprint density at radius 2 is 2.05 bits per heavy atom. The van der Waals surface area contributed by atoms with Crippen LogP contribution in [0, 0.1) is 0 Å². The number of anilines is 1.